The van der Waals surface area contributed by atoms with Crippen molar-refractivity contribution < 1.29 is 67.0 Å². The first-order valence-corrected chi connectivity index (χ1v) is 14.9. The maximum absolute atomic E-state index is 14.7. The summed E-state index contributed by atoms with van der Waals surface area (Å²) in [5.41, 5.74) is -9.55. The van der Waals surface area contributed by atoms with Crippen LogP contribution in [0.5, 0.6) is 0 Å². The molecule has 6 nitrogen and oxygen atoms in total. The van der Waals surface area contributed by atoms with Gasteiger partial charge in [0.1, 0.15) is 4.75 Å². The highest BCUT2D eigenvalue weighted by molar-refractivity contribution is 7.92. The molecule has 2 aromatic rings. The Kier molecular flexibility index (Phi) is 8.78. The molecule has 1 unspecified atom stereocenters. The lowest BCUT2D eigenvalue weighted by Gasteiger charge is -2.33. The number of alkyl halides is 10. The predicted octanol–water partition coefficient (Wildman–Crippen LogP) is 6.79. The Hall–Kier alpha value is -3.37. The number of rotatable bonds is 6. The van der Waals surface area contributed by atoms with Gasteiger partial charge in [-0.15, -0.1) is 0 Å². The number of halogens is 10. The van der Waals surface area contributed by atoms with Crippen LogP contribution in [0.4, 0.5) is 43.9 Å². The van der Waals surface area contributed by atoms with E-state index in [2.05, 4.69) is 0 Å². The van der Waals surface area contributed by atoms with Gasteiger partial charge in [0.15, 0.2) is 9.84 Å². The highest BCUT2D eigenvalue weighted by Crippen LogP contribution is 2.54. The van der Waals surface area contributed by atoms with Crippen molar-refractivity contribution in [3.05, 3.63) is 65.2 Å². The van der Waals surface area contributed by atoms with E-state index < -0.39 is 97.0 Å². The Morgan fingerprint density at radius 1 is 0.778 bits per heavy atom. The molecule has 45 heavy (non-hydrogen) atoms. The second kappa shape index (κ2) is 11.5. The van der Waals surface area contributed by atoms with Crippen LogP contribution in [0.1, 0.15) is 48.8 Å². The topological polar surface area (TPSA) is 91.8 Å². The number of carbonyl (C=O) groups excluding carboxylic acids is 1. The minimum atomic E-state index is -6.45. The van der Waals surface area contributed by atoms with Gasteiger partial charge in [-0.2, -0.15) is 39.5 Å². The van der Waals surface area contributed by atoms with Crippen LogP contribution in [-0.2, 0) is 36.0 Å². The molecule has 0 aromatic heterocycles. The molecular weight excluding hydrogens is 652 g/mol. The summed E-state index contributed by atoms with van der Waals surface area (Å²) in [5.74, 6) is -3.05. The molecule has 2 fully saturated rings. The lowest BCUT2D eigenvalue weighted by Crippen LogP contribution is -2.50. The highest BCUT2D eigenvalue weighted by atomic mass is 32.2. The fraction of sp³-hybridized carbons (Fsp3) is 0.500. The summed E-state index contributed by atoms with van der Waals surface area (Å²) in [6.45, 7) is -1.04. The number of sulfone groups is 1. The third-order valence-electron chi connectivity index (χ3n) is 8.55. The van der Waals surface area contributed by atoms with Gasteiger partial charge in [0.25, 0.3) is 0 Å². The van der Waals surface area contributed by atoms with Crippen molar-refractivity contribution >= 4 is 21.7 Å². The number of carboxylic acids is 1. The number of carbonyl (C=O) groups is 2. The van der Waals surface area contributed by atoms with Crippen LogP contribution in [0.2, 0.25) is 0 Å². The quantitative estimate of drug-likeness (QED) is 0.341. The van der Waals surface area contributed by atoms with E-state index in [9.17, 15) is 67.0 Å². The Balaban J connectivity index is 1.79. The number of carboxylic acid groups (broad SMARTS) is 1. The average Bonchev–Trinajstić information content (AvgIpc) is 3.42. The zero-order chi connectivity index (χ0) is 33.8. The van der Waals surface area contributed by atoms with Crippen LogP contribution in [-0.4, -0.2) is 55.7 Å². The summed E-state index contributed by atoms with van der Waals surface area (Å²) in [4.78, 5) is 24.9. The van der Waals surface area contributed by atoms with Gasteiger partial charge in [-0.3, -0.25) is 9.59 Å². The van der Waals surface area contributed by atoms with Gasteiger partial charge in [0, 0.05) is 24.6 Å². The van der Waals surface area contributed by atoms with Gasteiger partial charge in [-0.25, -0.2) is 12.8 Å². The molecule has 4 rings (SSSR count). The van der Waals surface area contributed by atoms with E-state index in [1.165, 1.54) is 0 Å². The van der Waals surface area contributed by atoms with Crippen LogP contribution >= 0.6 is 0 Å². The summed E-state index contributed by atoms with van der Waals surface area (Å²) in [7, 11) is -4.97. The van der Waals surface area contributed by atoms with Crippen molar-refractivity contribution in [2.24, 2.45) is 11.8 Å². The van der Waals surface area contributed by atoms with Crippen molar-refractivity contribution in [3.8, 4) is 0 Å². The third kappa shape index (κ3) is 5.99. The number of likely N-dealkylation sites (tertiary alicyclic amines) is 1. The van der Waals surface area contributed by atoms with E-state index in [0.717, 1.165) is 17.0 Å². The SMILES string of the molecule is O=C(O)C1CCC(C(=O)N2CCC(c3ccc(C(F)(C(F)(F)F)C(F)(F)F)cc3)(S(=O)(=O)c3cccc(C(F)(F)F)c3)C2)CC1. The van der Waals surface area contributed by atoms with Gasteiger partial charge in [0.2, 0.25) is 5.91 Å². The molecule has 1 amide bonds. The second-order valence-electron chi connectivity index (χ2n) is 11.2. The fourth-order valence-corrected chi connectivity index (χ4v) is 8.11. The van der Waals surface area contributed by atoms with Gasteiger partial charge in [0.05, 0.1) is 16.4 Å². The minimum absolute atomic E-state index is 0.109. The van der Waals surface area contributed by atoms with Crippen LogP contribution in [0.15, 0.2) is 53.4 Å². The molecule has 1 heterocycles. The van der Waals surface area contributed by atoms with Crippen LogP contribution in [0.3, 0.4) is 0 Å². The number of hydrogen-bond donors (Lipinski definition) is 1. The first-order chi connectivity index (χ1) is 20.6. The standard InChI is InChI=1S/C28H25F10NO5S/c29-25(27(33,34)35,28(36,37)38)19-10-8-18(9-11-19)24(45(43,44)21-3-1-2-20(14-21)26(30,31)32)12-13-39(15-24)22(40)16-4-6-17(7-5-16)23(41)42/h1-3,8-11,14,16-17H,4-7,12-13,15H2,(H,41,42). The number of hydrogen-bond acceptors (Lipinski definition) is 4. The molecular formula is C28H25F10NO5S. The Bertz CT molecular complexity index is 1530. The predicted molar refractivity (Wildman–Crippen MR) is 136 cm³/mol. The zero-order valence-electron chi connectivity index (χ0n) is 22.9. The molecule has 0 bridgehead atoms. The summed E-state index contributed by atoms with van der Waals surface area (Å²) < 4.78 is 161. The maximum Gasteiger partial charge on any atom is 0.435 e. The van der Waals surface area contributed by atoms with Gasteiger partial charge in [-0.05, 0) is 55.9 Å². The zero-order valence-corrected chi connectivity index (χ0v) is 23.8. The summed E-state index contributed by atoms with van der Waals surface area (Å²) in [5, 5.41) is 9.22. The molecule has 1 atom stereocenters. The Morgan fingerprint density at radius 3 is 1.80 bits per heavy atom. The van der Waals surface area contributed by atoms with Gasteiger partial charge < -0.3 is 10.0 Å². The second-order valence-corrected chi connectivity index (χ2v) is 13.4. The molecule has 2 aliphatic rings. The molecule has 1 N–H and O–H groups in total. The largest absolute Gasteiger partial charge is 0.481 e. The monoisotopic (exact) mass is 677 g/mol. The summed E-state index contributed by atoms with van der Waals surface area (Å²) >= 11 is 0. The maximum atomic E-state index is 14.7. The fourth-order valence-electron chi connectivity index (χ4n) is 5.98. The molecule has 2 aromatic carbocycles. The van der Waals surface area contributed by atoms with E-state index in [1.54, 1.807) is 0 Å². The van der Waals surface area contributed by atoms with Crippen LogP contribution in [0, 0.1) is 11.8 Å². The van der Waals surface area contributed by atoms with Crippen molar-refractivity contribution in [2.75, 3.05) is 13.1 Å². The normalized spacial score (nSPS) is 23.6. The Morgan fingerprint density at radius 2 is 1.31 bits per heavy atom. The van der Waals surface area contributed by atoms with E-state index in [0.29, 0.717) is 24.3 Å². The first-order valence-electron chi connectivity index (χ1n) is 13.4. The third-order valence-corrected chi connectivity index (χ3v) is 11.0. The molecule has 1 aliphatic heterocycles. The van der Waals surface area contributed by atoms with Crippen molar-refractivity contribution in [2.45, 2.75) is 65.9 Å². The van der Waals surface area contributed by atoms with E-state index >= 15 is 0 Å². The van der Waals surface area contributed by atoms with Crippen molar-refractivity contribution in [1.82, 2.24) is 4.90 Å². The number of aliphatic carboxylic acids is 1. The van der Waals surface area contributed by atoms with E-state index in [4.69, 9.17) is 0 Å². The molecule has 248 valence electrons. The minimum Gasteiger partial charge on any atom is -0.481 e. The smallest absolute Gasteiger partial charge is 0.435 e. The average molecular weight is 678 g/mol. The summed E-state index contributed by atoms with van der Waals surface area (Å²) in [6.07, 6.45) is -17.8. The first kappa shape index (κ1) is 34.5. The molecule has 0 spiro atoms. The lowest BCUT2D eigenvalue weighted by atomic mass is 9.81. The number of amides is 1. The molecule has 17 heteroatoms. The molecule has 1 saturated carbocycles. The van der Waals surface area contributed by atoms with E-state index in [1.807, 2.05) is 0 Å². The summed E-state index contributed by atoms with van der Waals surface area (Å²) in [6, 6.07) is 3.82. The van der Waals surface area contributed by atoms with Crippen molar-refractivity contribution in [1.29, 1.82) is 0 Å². The molecule has 1 aliphatic carbocycles. The van der Waals surface area contributed by atoms with Gasteiger partial charge in [-0.1, -0.05) is 30.3 Å². The van der Waals surface area contributed by atoms with Gasteiger partial charge >= 0.3 is 30.2 Å². The molecule has 0 radical (unpaired) electrons. The lowest BCUT2D eigenvalue weighted by molar-refractivity contribution is -0.348. The highest BCUT2D eigenvalue weighted by Gasteiger charge is 2.73. The number of benzene rings is 2. The van der Waals surface area contributed by atoms with E-state index in [-0.39, 0.29) is 44.4 Å². The Labute approximate surface area is 249 Å². The number of nitrogens with zero attached hydrogens (tertiary/aromatic N) is 1. The van der Waals surface area contributed by atoms with Crippen LogP contribution in [0.25, 0.3) is 0 Å². The van der Waals surface area contributed by atoms with Crippen molar-refractivity contribution in [3.63, 3.8) is 0 Å². The molecule has 1 saturated heterocycles. The van der Waals surface area contributed by atoms with Crippen LogP contribution < -0.4 is 0 Å².